The van der Waals surface area contributed by atoms with Crippen LogP contribution in [0.3, 0.4) is 0 Å². The van der Waals surface area contributed by atoms with Gasteiger partial charge >= 0.3 is 0 Å². The number of hydrogen-bond acceptors (Lipinski definition) is 1. The number of aromatic nitrogens is 1. The Morgan fingerprint density at radius 3 is 2.00 bits per heavy atom. The Morgan fingerprint density at radius 1 is 0.900 bits per heavy atom. The fraction of sp³-hybridized carbons (Fsp3) is 0.333. The lowest BCUT2D eigenvalue weighted by atomic mass is 10.2. The maximum atomic E-state index is 2.47. The molecule has 0 spiro atoms. The Labute approximate surface area is 120 Å². The lowest BCUT2D eigenvalue weighted by Crippen LogP contribution is -2.20. The minimum atomic E-state index is 1.08. The van der Waals surface area contributed by atoms with E-state index in [0.29, 0.717) is 0 Å². The van der Waals surface area contributed by atoms with Crippen LogP contribution in [0, 0.1) is 0 Å². The highest BCUT2D eigenvalue weighted by Crippen LogP contribution is 2.28. The van der Waals surface area contributed by atoms with Gasteiger partial charge in [-0.25, -0.2) is 0 Å². The second-order valence-electron chi connectivity index (χ2n) is 5.44. The van der Waals surface area contributed by atoms with Gasteiger partial charge in [0.05, 0.1) is 0 Å². The third-order valence-electron chi connectivity index (χ3n) is 4.14. The molecule has 0 aliphatic rings. The van der Waals surface area contributed by atoms with Crippen LogP contribution in [0.5, 0.6) is 0 Å². The largest absolute Gasteiger partial charge is 0.340 e. The van der Waals surface area contributed by atoms with Crippen LogP contribution in [0.15, 0.2) is 48.5 Å². The van der Waals surface area contributed by atoms with Crippen LogP contribution in [0.4, 0.5) is 0 Å². The first kappa shape index (κ1) is 13.2. The van der Waals surface area contributed by atoms with Crippen LogP contribution in [-0.2, 0) is 6.54 Å². The molecule has 0 fully saturated rings. The van der Waals surface area contributed by atoms with Crippen LogP contribution in [0.1, 0.15) is 13.3 Å². The molecule has 2 nitrogen and oxygen atoms in total. The van der Waals surface area contributed by atoms with E-state index in [2.05, 4.69) is 72.0 Å². The third kappa shape index (κ3) is 2.32. The monoisotopic (exact) mass is 266 g/mol. The maximum absolute atomic E-state index is 2.47. The van der Waals surface area contributed by atoms with E-state index in [9.17, 15) is 0 Å². The van der Waals surface area contributed by atoms with Crippen molar-refractivity contribution < 1.29 is 0 Å². The first-order chi connectivity index (χ1) is 9.81. The highest BCUT2D eigenvalue weighted by molar-refractivity contribution is 6.07. The normalized spacial score (nSPS) is 11.8. The molecule has 1 heterocycles. The molecular formula is C18H22N2. The summed E-state index contributed by atoms with van der Waals surface area (Å²) in [6.45, 7) is 5.56. The standard InChI is InChI=1S/C18H22N2/c1-3-19(2)13-8-14-20-17-11-6-4-9-15(17)16-10-5-7-12-18(16)20/h4-7,9-12H,3,8,13-14H2,1-2H3. The van der Waals surface area contributed by atoms with Crippen LogP contribution in [0.2, 0.25) is 0 Å². The fourth-order valence-electron chi connectivity index (χ4n) is 2.90. The summed E-state index contributed by atoms with van der Waals surface area (Å²) in [5.41, 5.74) is 2.71. The van der Waals surface area contributed by atoms with Crippen molar-refractivity contribution in [3.8, 4) is 0 Å². The van der Waals surface area contributed by atoms with E-state index in [0.717, 1.165) is 19.6 Å². The lowest BCUT2D eigenvalue weighted by molar-refractivity contribution is 0.340. The van der Waals surface area contributed by atoms with Crippen molar-refractivity contribution in [2.75, 3.05) is 20.1 Å². The summed E-state index contributed by atoms with van der Waals surface area (Å²) < 4.78 is 2.47. The predicted octanol–water partition coefficient (Wildman–Crippen LogP) is 4.14. The van der Waals surface area contributed by atoms with Gasteiger partial charge in [0, 0.05) is 28.4 Å². The van der Waals surface area contributed by atoms with E-state index in [4.69, 9.17) is 0 Å². The number of nitrogens with zero attached hydrogens (tertiary/aromatic N) is 2. The minimum Gasteiger partial charge on any atom is -0.340 e. The van der Waals surface area contributed by atoms with Gasteiger partial charge in [-0.05, 0) is 38.7 Å². The highest BCUT2D eigenvalue weighted by Gasteiger charge is 2.09. The molecule has 0 N–H and O–H groups in total. The van der Waals surface area contributed by atoms with E-state index in [1.165, 1.54) is 28.2 Å². The first-order valence-electron chi connectivity index (χ1n) is 7.45. The Hall–Kier alpha value is -1.80. The van der Waals surface area contributed by atoms with Crippen molar-refractivity contribution >= 4 is 21.8 Å². The van der Waals surface area contributed by atoms with Crippen molar-refractivity contribution in [1.82, 2.24) is 9.47 Å². The Bertz CT molecular complexity index is 658. The summed E-state index contributed by atoms with van der Waals surface area (Å²) in [6, 6.07) is 17.5. The number of rotatable bonds is 5. The van der Waals surface area contributed by atoms with Gasteiger partial charge in [0.1, 0.15) is 0 Å². The Balaban J connectivity index is 1.99. The fourth-order valence-corrected chi connectivity index (χ4v) is 2.90. The molecule has 0 saturated carbocycles. The number of aryl methyl sites for hydroxylation is 1. The minimum absolute atomic E-state index is 1.08. The van der Waals surface area contributed by atoms with Crippen LogP contribution < -0.4 is 0 Å². The molecule has 0 radical (unpaired) electrons. The molecule has 0 aliphatic heterocycles. The summed E-state index contributed by atoms with van der Waals surface area (Å²) in [4.78, 5) is 2.37. The number of para-hydroxylation sites is 2. The van der Waals surface area contributed by atoms with Crippen molar-refractivity contribution in [3.05, 3.63) is 48.5 Å². The zero-order valence-corrected chi connectivity index (χ0v) is 12.3. The van der Waals surface area contributed by atoms with Crippen molar-refractivity contribution in [3.63, 3.8) is 0 Å². The van der Waals surface area contributed by atoms with Crippen LogP contribution in [0.25, 0.3) is 21.8 Å². The summed E-state index contributed by atoms with van der Waals surface area (Å²) in [5.74, 6) is 0. The average Bonchev–Trinajstić information content (AvgIpc) is 2.82. The zero-order chi connectivity index (χ0) is 13.9. The Morgan fingerprint density at radius 2 is 1.45 bits per heavy atom. The first-order valence-corrected chi connectivity index (χ1v) is 7.45. The molecule has 2 heteroatoms. The smallest absolute Gasteiger partial charge is 0.0491 e. The molecule has 2 aromatic carbocycles. The van der Waals surface area contributed by atoms with Gasteiger partial charge in [-0.15, -0.1) is 0 Å². The lowest BCUT2D eigenvalue weighted by Gasteiger charge is -2.14. The average molecular weight is 266 g/mol. The van der Waals surface area contributed by atoms with E-state index in [1.54, 1.807) is 0 Å². The van der Waals surface area contributed by atoms with Gasteiger partial charge in [0.25, 0.3) is 0 Å². The highest BCUT2D eigenvalue weighted by atomic mass is 15.1. The molecule has 0 amide bonds. The van der Waals surface area contributed by atoms with Gasteiger partial charge in [0.2, 0.25) is 0 Å². The summed E-state index contributed by atoms with van der Waals surface area (Å²) in [6.07, 6.45) is 1.19. The number of fused-ring (bicyclic) bond motifs is 3. The van der Waals surface area contributed by atoms with Gasteiger partial charge in [-0.1, -0.05) is 43.3 Å². The summed E-state index contributed by atoms with van der Waals surface area (Å²) in [5, 5.41) is 2.74. The molecule has 3 aromatic rings. The third-order valence-corrected chi connectivity index (χ3v) is 4.14. The molecule has 1 aromatic heterocycles. The van der Waals surface area contributed by atoms with E-state index >= 15 is 0 Å². The summed E-state index contributed by atoms with van der Waals surface area (Å²) in [7, 11) is 2.19. The molecule has 0 atom stereocenters. The molecule has 0 aliphatic carbocycles. The van der Waals surface area contributed by atoms with Crippen LogP contribution in [-0.4, -0.2) is 29.6 Å². The Kier molecular flexibility index (Phi) is 3.75. The van der Waals surface area contributed by atoms with Gasteiger partial charge < -0.3 is 9.47 Å². The molecule has 0 unspecified atom stereocenters. The van der Waals surface area contributed by atoms with Crippen molar-refractivity contribution in [1.29, 1.82) is 0 Å². The molecule has 3 rings (SSSR count). The molecular weight excluding hydrogens is 244 g/mol. The van der Waals surface area contributed by atoms with Crippen molar-refractivity contribution in [2.24, 2.45) is 0 Å². The summed E-state index contributed by atoms with van der Waals surface area (Å²) >= 11 is 0. The second kappa shape index (κ2) is 5.68. The zero-order valence-electron chi connectivity index (χ0n) is 12.3. The topological polar surface area (TPSA) is 8.17 Å². The number of benzene rings is 2. The quantitative estimate of drug-likeness (QED) is 0.674. The predicted molar refractivity (Wildman–Crippen MR) is 87.2 cm³/mol. The van der Waals surface area contributed by atoms with Crippen molar-refractivity contribution in [2.45, 2.75) is 19.9 Å². The van der Waals surface area contributed by atoms with E-state index < -0.39 is 0 Å². The van der Waals surface area contributed by atoms with E-state index in [-0.39, 0.29) is 0 Å². The molecule has 20 heavy (non-hydrogen) atoms. The second-order valence-corrected chi connectivity index (χ2v) is 5.44. The number of hydrogen-bond donors (Lipinski definition) is 0. The SMILES string of the molecule is CCN(C)CCCn1c2ccccc2c2ccccc21. The van der Waals surface area contributed by atoms with Gasteiger partial charge in [0.15, 0.2) is 0 Å². The maximum Gasteiger partial charge on any atom is 0.0491 e. The van der Waals surface area contributed by atoms with Gasteiger partial charge in [-0.2, -0.15) is 0 Å². The van der Waals surface area contributed by atoms with Crippen LogP contribution >= 0.6 is 0 Å². The molecule has 0 saturated heterocycles. The molecule has 104 valence electrons. The molecule has 0 bridgehead atoms. The van der Waals surface area contributed by atoms with E-state index in [1.807, 2.05) is 0 Å². The van der Waals surface area contributed by atoms with Gasteiger partial charge in [-0.3, -0.25) is 0 Å².